The minimum atomic E-state index is -0.265. The van der Waals surface area contributed by atoms with Crippen molar-refractivity contribution in [1.29, 1.82) is 0 Å². The molecule has 1 saturated heterocycles. The highest BCUT2D eigenvalue weighted by Gasteiger charge is 2.22. The van der Waals surface area contributed by atoms with Gasteiger partial charge in [0, 0.05) is 12.6 Å². The Kier molecular flexibility index (Phi) is 7.99. The van der Waals surface area contributed by atoms with Crippen molar-refractivity contribution < 1.29 is 24.1 Å². The van der Waals surface area contributed by atoms with Crippen molar-refractivity contribution in [2.75, 3.05) is 26.4 Å². The van der Waals surface area contributed by atoms with Crippen molar-refractivity contribution in [3.63, 3.8) is 0 Å². The van der Waals surface area contributed by atoms with Crippen LogP contribution in [0, 0.1) is 0 Å². The molecule has 7 heteroatoms. The van der Waals surface area contributed by atoms with Crippen LogP contribution >= 0.6 is 0 Å². The SMILES string of the molecule is BOC(CO)COC(CC)C/C=N/OCC1CO1. The van der Waals surface area contributed by atoms with E-state index in [0.717, 1.165) is 13.0 Å². The molecule has 18 heavy (non-hydrogen) atoms. The van der Waals surface area contributed by atoms with Crippen molar-refractivity contribution in [3.8, 4) is 0 Å². The molecule has 0 spiro atoms. The predicted molar refractivity (Wildman–Crippen MR) is 69.3 cm³/mol. The van der Waals surface area contributed by atoms with Crippen LogP contribution in [-0.2, 0) is 19.0 Å². The van der Waals surface area contributed by atoms with Crippen LogP contribution in [0.5, 0.6) is 0 Å². The van der Waals surface area contributed by atoms with Crippen LogP contribution in [0.3, 0.4) is 0 Å². The van der Waals surface area contributed by atoms with E-state index in [0.29, 0.717) is 19.6 Å². The van der Waals surface area contributed by atoms with Crippen molar-refractivity contribution in [1.82, 2.24) is 0 Å². The fraction of sp³-hybridized carbons (Fsp3) is 0.909. The van der Waals surface area contributed by atoms with Crippen molar-refractivity contribution in [2.24, 2.45) is 5.16 Å². The van der Waals surface area contributed by atoms with Crippen molar-refractivity contribution in [3.05, 3.63) is 0 Å². The van der Waals surface area contributed by atoms with Gasteiger partial charge in [0.2, 0.25) is 0 Å². The summed E-state index contributed by atoms with van der Waals surface area (Å²) in [4.78, 5) is 5.04. The van der Waals surface area contributed by atoms with Gasteiger partial charge in [-0.05, 0) is 6.42 Å². The van der Waals surface area contributed by atoms with Gasteiger partial charge in [0.1, 0.15) is 12.7 Å². The standard InChI is InChI=1S/C11H22BNO5/c1-2-9(15-6-10(5-14)18-12)3-4-13-17-8-11-7-16-11/h4,9-11,14H,2-3,5-8,12H2,1H3/b13-4+. The summed E-state index contributed by atoms with van der Waals surface area (Å²) in [6.07, 6.45) is 3.30. The van der Waals surface area contributed by atoms with Gasteiger partial charge in [0.15, 0.2) is 0 Å². The van der Waals surface area contributed by atoms with E-state index in [1.54, 1.807) is 14.3 Å². The summed E-state index contributed by atoms with van der Waals surface area (Å²) in [6.45, 7) is 3.68. The van der Waals surface area contributed by atoms with E-state index in [9.17, 15) is 0 Å². The summed E-state index contributed by atoms with van der Waals surface area (Å²) < 4.78 is 15.6. The average molecular weight is 259 g/mol. The molecule has 0 bridgehead atoms. The first-order valence-electron chi connectivity index (χ1n) is 6.30. The quantitative estimate of drug-likeness (QED) is 0.234. The normalized spacial score (nSPS) is 22.0. The summed E-state index contributed by atoms with van der Waals surface area (Å²) in [5, 5.41) is 12.8. The van der Waals surface area contributed by atoms with Crippen molar-refractivity contribution >= 4 is 14.3 Å². The fourth-order valence-corrected chi connectivity index (χ4v) is 1.29. The number of epoxide rings is 1. The highest BCUT2D eigenvalue weighted by Crippen LogP contribution is 2.08. The molecule has 0 saturated carbocycles. The first-order chi connectivity index (χ1) is 8.80. The number of hydrogen-bond donors (Lipinski definition) is 1. The van der Waals surface area contributed by atoms with Crippen LogP contribution in [0.15, 0.2) is 5.16 Å². The smallest absolute Gasteiger partial charge is 0.257 e. The largest absolute Gasteiger partial charge is 0.437 e. The number of rotatable bonds is 11. The van der Waals surface area contributed by atoms with Gasteiger partial charge in [-0.15, -0.1) is 0 Å². The van der Waals surface area contributed by atoms with Gasteiger partial charge in [0.25, 0.3) is 8.05 Å². The van der Waals surface area contributed by atoms with E-state index < -0.39 is 0 Å². The third-order valence-electron chi connectivity index (χ3n) is 2.69. The summed E-state index contributed by atoms with van der Waals surface area (Å²) in [5.74, 6) is 0. The molecular formula is C11H22BNO5. The molecule has 1 heterocycles. The molecule has 0 aromatic carbocycles. The van der Waals surface area contributed by atoms with Crippen LogP contribution in [-0.4, -0.2) is 64.1 Å². The minimum absolute atomic E-state index is 0.0362. The summed E-state index contributed by atoms with van der Waals surface area (Å²) in [6, 6.07) is 0. The molecule has 1 rings (SSSR count). The molecular weight excluding hydrogens is 237 g/mol. The molecule has 0 amide bonds. The number of ether oxygens (including phenoxy) is 2. The third kappa shape index (κ3) is 6.95. The summed E-state index contributed by atoms with van der Waals surface area (Å²) >= 11 is 0. The van der Waals surface area contributed by atoms with Gasteiger partial charge in [-0.25, -0.2) is 0 Å². The highest BCUT2D eigenvalue weighted by atomic mass is 16.7. The second-order valence-corrected chi connectivity index (χ2v) is 4.18. The zero-order valence-electron chi connectivity index (χ0n) is 11.1. The molecule has 104 valence electrons. The van der Waals surface area contributed by atoms with Gasteiger partial charge in [-0.1, -0.05) is 12.1 Å². The van der Waals surface area contributed by atoms with E-state index >= 15 is 0 Å². The Bertz CT molecular complexity index is 233. The molecule has 0 aromatic rings. The molecule has 1 fully saturated rings. The predicted octanol–water partition coefficient (Wildman–Crippen LogP) is -0.501. The van der Waals surface area contributed by atoms with Gasteiger partial charge < -0.3 is 24.1 Å². The van der Waals surface area contributed by atoms with E-state index in [2.05, 4.69) is 5.16 Å². The number of nitrogens with zero attached hydrogens (tertiary/aromatic N) is 1. The van der Waals surface area contributed by atoms with Crippen LogP contribution in [0.4, 0.5) is 0 Å². The van der Waals surface area contributed by atoms with Crippen LogP contribution in [0.1, 0.15) is 19.8 Å². The topological polar surface area (TPSA) is 72.8 Å². The van der Waals surface area contributed by atoms with E-state index in [1.165, 1.54) is 0 Å². The zero-order valence-corrected chi connectivity index (χ0v) is 11.1. The van der Waals surface area contributed by atoms with Crippen LogP contribution < -0.4 is 0 Å². The average Bonchev–Trinajstić information content (AvgIpc) is 3.21. The maximum atomic E-state index is 8.95. The Morgan fingerprint density at radius 3 is 2.89 bits per heavy atom. The lowest BCUT2D eigenvalue weighted by Crippen LogP contribution is -2.26. The van der Waals surface area contributed by atoms with Gasteiger partial charge in [-0.2, -0.15) is 0 Å². The van der Waals surface area contributed by atoms with Crippen LogP contribution in [0.2, 0.25) is 0 Å². The summed E-state index contributed by atoms with van der Waals surface area (Å²) in [5.41, 5.74) is 0. The van der Waals surface area contributed by atoms with Gasteiger partial charge in [0.05, 0.1) is 32.0 Å². The Balaban J connectivity index is 2.07. The first-order valence-corrected chi connectivity index (χ1v) is 6.30. The molecule has 6 nitrogen and oxygen atoms in total. The Morgan fingerprint density at radius 1 is 1.56 bits per heavy atom. The number of aliphatic hydroxyl groups excluding tert-OH is 1. The van der Waals surface area contributed by atoms with Gasteiger partial charge in [-0.3, -0.25) is 0 Å². The minimum Gasteiger partial charge on any atom is -0.437 e. The number of aliphatic hydroxyl groups is 1. The van der Waals surface area contributed by atoms with Crippen molar-refractivity contribution in [2.45, 2.75) is 38.1 Å². The molecule has 0 aliphatic carbocycles. The van der Waals surface area contributed by atoms with Gasteiger partial charge >= 0.3 is 0 Å². The molecule has 3 unspecified atom stereocenters. The molecule has 1 aliphatic heterocycles. The third-order valence-corrected chi connectivity index (χ3v) is 2.69. The highest BCUT2D eigenvalue weighted by molar-refractivity contribution is 5.98. The number of oxime groups is 1. The fourth-order valence-electron chi connectivity index (χ4n) is 1.29. The van der Waals surface area contributed by atoms with E-state index in [-0.39, 0.29) is 24.9 Å². The lowest BCUT2D eigenvalue weighted by atomic mass is 10.2. The Morgan fingerprint density at radius 2 is 2.33 bits per heavy atom. The zero-order chi connectivity index (χ0) is 13.2. The lowest BCUT2D eigenvalue weighted by molar-refractivity contribution is -0.0140. The molecule has 1 N–H and O–H groups in total. The second-order valence-electron chi connectivity index (χ2n) is 4.18. The lowest BCUT2D eigenvalue weighted by Gasteiger charge is -2.18. The number of hydrogen-bond acceptors (Lipinski definition) is 6. The van der Waals surface area contributed by atoms with Crippen LogP contribution in [0.25, 0.3) is 0 Å². The maximum Gasteiger partial charge on any atom is 0.257 e. The molecule has 3 atom stereocenters. The van der Waals surface area contributed by atoms with E-state index in [4.69, 9.17) is 24.1 Å². The Hall–Kier alpha value is -0.625. The van der Waals surface area contributed by atoms with E-state index in [1.807, 2.05) is 6.92 Å². The molecule has 0 aromatic heterocycles. The Labute approximate surface area is 109 Å². The monoisotopic (exact) mass is 259 g/mol. The molecule has 1 aliphatic rings. The summed E-state index contributed by atoms with van der Waals surface area (Å²) in [7, 11) is 1.56. The first kappa shape index (κ1) is 15.4. The maximum absolute atomic E-state index is 8.95. The molecule has 0 radical (unpaired) electrons. The second kappa shape index (κ2) is 9.32.